The van der Waals surface area contributed by atoms with Gasteiger partial charge in [-0.05, 0) is 53.6 Å². The molecule has 0 fully saturated rings. The van der Waals surface area contributed by atoms with E-state index < -0.39 is 10.0 Å². The summed E-state index contributed by atoms with van der Waals surface area (Å²) in [6, 6.07) is 12.2. The van der Waals surface area contributed by atoms with E-state index in [9.17, 15) is 8.42 Å². The van der Waals surface area contributed by atoms with Gasteiger partial charge in [-0.25, -0.2) is 8.42 Å². The van der Waals surface area contributed by atoms with Crippen LogP contribution in [0.3, 0.4) is 0 Å². The summed E-state index contributed by atoms with van der Waals surface area (Å²) in [6.45, 7) is 0.641. The maximum Gasteiger partial charge on any atom is 0.244 e. The van der Waals surface area contributed by atoms with E-state index in [2.05, 4.69) is 9.97 Å². The molecule has 0 bridgehead atoms. The number of aromatic nitrogens is 2. The average molecular weight is 353 g/mol. The lowest BCUT2D eigenvalue weighted by Crippen LogP contribution is -2.23. The van der Waals surface area contributed by atoms with Crippen molar-refractivity contribution in [2.24, 2.45) is 0 Å². The summed E-state index contributed by atoms with van der Waals surface area (Å²) < 4.78 is 32.6. The van der Waals surface area contributed by atoms with E-state index >= 15 is 0 Å². The molecule has 0 saturated carbocycles. The van der Waals surface area contributed by atoms with Gasteiger partial charge in [0, 0.05) is 31.7 Å². The van der Waals surface area contributed by atoms with Crippen molar-refractivity contribution in [1.82, 2.24) is 14.3 Å². The molecule has 0 radical (unpaired) electrons. The number of sulfonamides is 1. The Kier molecular flexibility index (Phi) is 3.95. The van der Waals surface area contributed by atoms with E-state index in [0.717, 1.165) is 11.1 Å². The van der Waals surface area contributed by atoms with Crippen LogP contribution in [-0.4, -0.2) is 22.7 Å². The fraction of sp³-hybridized carbons (Fsp3) is 0.111. The van der Waals surface area contributed by atoms with Crippen molar-refractivity contribution in [2.45, 2.75) is 18.0 Å². The van der Waals surface area contributed by atoms with E-state index in [-0.39, 0.29) is 0 Å². The monoisotopic (exact) mass is 353 g/mol. The van der Waals surface area contributed by atoms with Gasteiger partial charge < -0.3 is 4.74 Å². The van der Waals surface area contributed by atoms with Gasteiger partial charge in [0.2, 0.25) is 10.0 Å². The van der Waals surface area contributed by atoms with Crippen LogP contribution in [0.4, 0.5) is 0 Å². The van der Waals surface area contributed by atoms with E-state index in [1.807, 2.05) is 12.1 Å². The first-order valence-corrected chi connectivity index (χ1v) is 9.17. The highest BCUT2D eigenvalue weighted by molar-refractivity contribution is 7.89. The van der Waals surface area contributed by atoms with Crippen molar-refractivity contribution in [2.75, 3.05) is 0 Å². The third-order valence-electron chi connectivity index (χ3n) is 3.97. The molecule has 0 amide bonds. The summed E-state index contributed by atoms with van der Waals surface area (Å²) in [4.78, 5) is 8.29. The van der Waals surface area contributed by atoms with Gasteiger partial charge in [0.15, 0.2) is 0 Å². The molecule has 0 aliphatic carbocycles. The first-order chi connectivity index (χ1) is 12.1. The second-order valence-electron chi connectivity index (χ2n) is 5.69. The highest BCUT2D eigenvalue weighted by Crippen LogP contribution is 2.34. The highest BCUT2D eigenvalue weighted by atomic mass is 32.2. The molecule has 3 heterocycles. The molecule has 3 aromatic rings. The Hall–Kier alpha value is -2.77. The highest BCUT2D eigenvalue weighted by Gasteiger charge is 2.34. The van der Waals surface area contributed by atoms with E-state index in [4.69, 9.17) is 4.74 Å². The molecule has 0 N–H and O–H groups in total. The van der Waals surface area contributed by atoms with Crippen molar-refractivity contribution < 1.29 is 13.2 Å². The number of benzene rings is 1. The lowest BCUT2D eigenvalue weighted by Gasteiger charge is -2.14. The van der Waals surface area contributed by atoms with Crippen molar-refractivity contribution in [1.29, 1.82) is 0 Å². The molecule has 0 saturated heterocycles. The van der Waals surface area contributed by atoms with Gasteiger partial charge >= 0.3 is 0 Å². The Morgan fingerprint density at radius 2 is 1.84 bits per heavy atom. The minimum Gasteiger partial charge on any atom is -0.456 e. The summed E-state index contributed by atoms with van der Waals surface area (Å²) in [5.74, 6) is 1.20. The molecule has 2 aromatic heterocycles. The van der Waals surface area contributed by atoms with Crippen molar-refractivity contribution in [3.05, 3.63) is 78.4 Å². The summed E-state index contributed by atoms with van der Waals surface area (Å²) >= 11 is 0. The smallest absolute Gasteiger partial charge is 0.244 e. The van der Waals surface area contributed by atoms with Crippen LogP contribution >= 0.6 is 0 Å². The summed E-state index contributed by atoms with van der Waals surface area (Å²) in [5, 5.41) is 0. The minimum atomic E-state index is -3.49. The van der Waals surface area contributed by atoms with Crippen LogP contribution in [0.1, 0.15) is 11.1 Å². The molecule has 1 aliphatic rings. The predicted octanol–water partition coefficient (Wildman–Crippen LogP) is 2.97. The molecular formula is C18H15N3O3S. The van der Waals surface area contributed by atoms with Gasteiger partial charge in [-0.2, -0.15) is 4.31 Å². The molecule has 1 aromatic carbocycles. The molecule has 1 aliphatic heterocycles. The van der Waals surface area contributed by atoms with Gasteiger partial charge in [0.05, 0.1) is 11.1 Å². The number of fused-ring (bicyclic) bond motifs is 1. The van der Waals surface area contributed by atoms with Gasteiger partial charge in [0.1, 0.15) is 11.5 Å². The molecule has 4 rings (SSSR count). The topological polar surface area (TPSA) is 72.4 Å². The number of hydrogen-bond acceptors (Lipinski definition) is 5. The summed E-state index contributed by atoms with van der Waals surface area (Å²) in [5.41, 5.74) is 1.63. The first kappa shape index (κ1) is 15.7. The fourth-order valence-corrected chi connectivity index (χ4v) is 4.39. The van der Waals surface area contributed by atoms with Gasteiger partial charge in [0.25, 0.3) is 0 Å². The van der Waals surface area contributed by atoms with Crippen LogP contribution < -0.4 is 4.74 Å². The average Bonchev–Trinajstić information content (AvgIpc) is 2.87. The zero-order valence-corrected chi connectivity index (χ0v) is 14.1. The molecule has 25 heavy (non-hydrogen) atoms. The summed E-state index contributed by atoms with van der Waals surface area (Å²) in [7, 11) is -3.49. The number of nitrogens with zero attached hydrogens (tertiary/aromatic N) is 3. The predicted molar refractivity (Wildman–Crippen MR) is 91.4 cm³/mol. The molecule has 6 nitrogen and oxygen atoms in total. The van der Waals surface area contributed by atoms with Gasteiger partial charge in [-0.1, -0.05) is 0 Å². The standard InChI is InChI=1S/C18H15N3O3S/c22-25(23)18-4-3-16(24-17-2-1-7-20-11-17)10-15(18)13-21(25)12-14-5-8-19-9-6-14/h1-11H,12-13H2. The maximum atomic E-state index is 12.7. The molecule has 126 valence electrons. The van der Waals surface area contributed by atoms with Crippen LogP contribution in [0.25, 0.3) is 0 Å². The SMILES string of the molecule is O=S1(=O)c2ccc(Oc3cccnc3)cc2CN1Cc1ccncc1. The second-order valence-corrected chi connectivity index (χ2v) is 7.60. The third-order valence-corrected chi connectivity index (χ3v) is 5.87. The van der Waals surface area contributed by atoms with Crippen LogP contribution in [-0.2, 0) is 23.1 Å². The molecule has 7 heteroatoms. The maximum absolute atomic E-state index is 12.7. The number of ether oxygens (including phenoxy) is 1. The summed E-state index contributed by atoms with van der Waals surface area (Å²) in [6.07, 6.45) is 6.59. The minimum absolute atomic E-state index is 0.318. The van der Waals surface area contributed by atoms with Gasteiger partial charge in [-0.3, -0.25) is 9.97 Å². The van der Waals surface area contributed by atoms with Crippen molar-refractivity contribution in [3.8, 4) is 11.5 Å². The van der Waals surface area contributed by atoms with Crippen LogP contribution in [0.15, 0.2) is 72.1 Å². The fourth-order valence-electron chi connectivity index (χ4n) is 2.78. The first-order valence-electron chi connectivity index (χ1n) is 7.73. The van der Waals surface area contributed by atoms with Gasteiger partial charge in [-0.15, -0.1) is 0 Å². The molecule has 0 atom stereocenters. The van der Waals surface area contributed by atoms with Crippen LogP contribution in [0, 0.1) is 0 Å². The Bertz CT molecular complexity index is 993. The molecular weight excluding hydrogens is 338 g/mol. The van der Waals surface area contributed by atoms with E-state index in [1.165, 1.54) is 4.31 Å². The zero-order valence-electron chi connectivity index (χ0n) is 13.2. The van der Waals surface area contributed by atoms with E-state index in [0.29, 0.717) is 29.5 Å². The third kappa shape index (κ3) is 3.11. The zero-order chi connectivity index (χ0) is 17.3. The quantitative estimate of drug-likeness (QED) is 0.721. The largest absolute Gasteiger partial charge is 0.456 e. The number of pyridine rings is 2. The molecule has 0 unspecified atom stereocenters. The normalized spacial score (nSPS) is 15.7. The van der Waals surface area contributed by atoms with Crippen molar-refractivity contribution >= 4 is 10.0 Å². The second kappa shape index (κ2) is 6.27. The Balaban J connectivity index is 1.60. The number of hydrogen-bond donors (Lipinski definition) is 0. The lowest BCUT2D eigenvalue weighted by atomic mass is 10.2. The van der Waals surface area contributed by atoms with E-state index in [1.54, 1.807) is 55.1 Å². The Morgan fingerprint density at radius 1 is 1.00 bits per heavy atom. The molecule has 0 spiro atoms. The lowest BCUT2D eigenvalue weighted by molar-refractivity contribution is 0.419. The Labute approximate surface area is 145 Å². The Morgan fingerprint density at radius 3 is 2.60 bits per heavy atom. The van der Waals surface area contributed by atoms with Crippen LogP contribution in [0.5, 0.6) is 11.5 Å². The number of rotatable bonds is 4. The van der Waals surface area contributed by atoms with Crippen molar-refractivity contribution in [3.63, 3.8) is 0 Å². The van der Waals surface area contributed by atoms with Crippen LogP contribution in [0.2, 0.25) is 0 Å².